The van der Waals surface area contributed by atoms with Gasteiger partial charge in [0.25, 0.3) is 0 Å². The molecule has 3 nitrogen and oxygen atoms in total. The van der Waals surface area contributed by atoms with Crippen molar-refractivity contribution < 1.29 is 4.79 Å². The lowest BCUT2D eigenvalue weighted by Gasteiger charge is -2.00. The van der Waals surface area contributed by atoms with Gasteiger partial charge in [-0.2, -0.15) is 0 Å². The van der Waals surface area contributed by atoms with Crippen LogP contribution in [0.1, 0.15) is 22.2 Å². The van der Waals surface area contributed by atoms with Gasteiger partial charge in [-0.1, -0.05) is 41.2 Å². The summed E-state index contributed by atoms with van der Waals surface area (Å²) >= 11 is 1.39. The van der Waals surface area contributed by atoms with Crippen LogP contribution in [0.4, 0.5) is 5.13 Å². The molecule has 2 aromatic rings. The lowest BCUT2D eigenvalue weighted by atomic mass is 10.1. The molecular weight excluding hydrogens is 232 g/mol. The predicted molar refractivity (Wildman–Crippen MR) is 71.8 cm³/mol. The van der Waals surface area contributed by atoms with Crippen LogP contribution in [0.25, 0.3) is 11.3 Å². The van der Waals surface area contributed by atoms with Crippen molar-refractivity contribution in [1.82, 2.24) is 4.98 Å². The molecule has 0 amide bonds. The van der Waals surface area contributed by atoms with Crippen molar-refractivity contribution in [2.75, 3.05) is 12.4 Å². The maximum atomic E-state index is 11.6. The van der Waals surface area contributed by atoms with Crippen LogP contribution in [0, 0.1) is 6.92 Å². The number of anilines is 1. The summed E-state index contributed by atoms with van der Waals surface area (Å²) < 4.78 is 0. The highest BCUT2D eigenvalue weighted by atomic mass is 32.1. The van der Waals surface area contributed by atoms with Crippen molar-refractivity contribution in [1.29, 1.82) is 0 Å². The third-order valence-corrected chi connectivity index (χ3v) is 3.66. The summed E-state index contributed by atoms with van der Waals surface area (Å²) in [6.45, 7) is 3.61. The highest BCUT2D eigenvalue weighted by Crippen LogP contribution is 2.31. The second-order valence-corrected chi connectivity index (χ2v) is 4.87. The van der Waals surface area contributed by atoms with E-state index in [2.05, 4.69) is 10.3 Å². The van der Waals surface area contributed by atoms with Crippen molar-refractivity contribution in [3.63, 3.8) is 0 Å². The van der Waals surface area contributed by atoms with E-state index in [4.69, 9.17) is 0 Å². The van der Waals surface area contributed by atoms with E-state index in [1.165, 1.54) is 16.9 Å². The summed E-state index contributed by atoms with van der Waals surface area (Å²) in [5.74, 6) is 0.0552. The number of hydrogen-bond donors (Lipinski definition) is 1. The number of rotatable bonds is 3. The van der Waals surface area contributed by atoms with Gasteiger partial charge in [0.15, 0.2) is 10.9 Å². The van der Waals surface area contributed by atoms with Gasteiger partial charge in [0.05, 0.1) is 10.6 Å². The Morgan fingerprint density at radius 3 is 2.47 bits per heavy atom. The van der Waals surface area contributed by atoms with E-state index in [0.717, 1.165) is 16.4 Å². The number of carbonyl (C=O) groups excluding carboxylic acids is 1. The number of thiazole rings is 1. The Bertz CT molecular complexity index is 543. The fourth-order valence-electron chi connectivity index (χ4n) is 1.57. The first-order chi connectivity index (χ1) is 8.11. The van der Waals surface area contributed by atoms with Crippen molar-refractivity contribution in [3.05, 3.63) is 34.7 Å². The van der Waals surface area contributed by atoms with Gasteiger partial charge < -0.3 is 5.32 Å². The zero-order valence-electron chi connectivity index (χ0n) is 10.1. The Balaban J connectivity index is 2.53. The highest BCUT2D eigenvalue weighted by Gasteiger charge is 2.15. The minimum atomic E-state index is 0.0552. The van der Waals surface area contributed by atoms with Crippen LogP contribution in [-0.2, 0) is 0 Å². The Hall–Kier alpha value is -1.68. The van der Waals surface area contributed by atoms with E-state index < -0.39 is 0 Å². The molecule has 1 aromatic carbocycles. The molecule has 0 fully saturated rings. The van der Waals surface area contributed by atoms with Crippen LogP contribution >= 0.6 is 11.3 Å². The molecule has 1 aromatic heterocycles. The molecule has 1 heterocycles. The van der Waals surface area contributed by atoms with E-state index in [1.807, 2.05) is 38.2 Å². The molecule has 0 radical (unpaired) electrons. The summed E-state index contributed by atoms with van der Waals surface area (Å²) in [4.78, 5) is 16.7. The number of benzene rings is 1. The Morgan fingerprint density at radius 2 is 1.94 bits per heavy atom. The number of ketones is 1. The van der Waals surface area contributed by atoms with Gasteiger partial charge in [0.1, 0.15) is 0 Å². The molecule has 0 saturated carbocycles. The molecule has 1 N–H and O–H groups in total. The van der Waals surface area contributed by atoms with Gasteiger partial charge in [-0.3, -0.25) is 4.79 Å². The molecule has 88 valence electrons. The number of aromatic nitrogens is 1. The summed E-state index contributed by atoms with van der Waals surface area (Å²) in [6, 6.07) is 8.04. The SMILES string of the molecule is CNc1nc(-c2ccc(C)cc2)c(C(C)=O)s1. The quantitative estimate of drug-likeness (QED) is 0.844. The van der Waals surface area contributed by atoms with Crippen molar-refractivity contribution in [2.45, 2.75) is 13.8 Å². The van der Waals surface area contributed by atoms with Crippen LogP contribution in [-0.4, -0.2) is 17.8 Å². The molecule has 0 bridgehead atoms. The van der Waals surface area contributed by atoms with Crippen LogP contribution in [0.2, 0.25) is 0 Å². The predicted octanol–water partition coefficient (Wildman–Crippen LogP) is 3.36. The summed E-state index contributed by atoms with van der Waals surface area (Å²) in [6.07, 6.45) is 0. The smallest absolute Gasteiger partial charge is 0.183 e. The van der Waals surface area contributed by atoms with Gasteiger partial charge >= 0.3 is 0 Å². The van der Waals surface area contributed by atoms with E-state index in [-0.39, 0.29) is 5.78 Å². The molecule has 0 atom stereocenters. The fraction of sp³-hybridized carbons (Fsp3) is 0.231. The monoisotopic (exact) mass is 246 g/mol. The third-order valence-electron chi connectivity index (χ3n) is 2.49. The van der Waals surface area contributed by atoms with Gasteiger partial charge in [0.2, 0.25) is 0 Å². The minimum absolute atomic E-state index is 0.0552. The molecule has 4 heteroatoms. The highest BCUT2D eigenvalue weighted by molar-refractivity contribution is 7.18. The average molecular weight is 246 g/mol. The Kier molecular flexibility index (Phi) is 3.24. The van der Waals surface area contributed by atoms with E-state index in [0.29, 0.717) is 4.88 Å². The lowest BCUT2D eigenvalue weighted by molar-refractivity contribution is 0.102. The standard InChI is InChI=1S/C13H14N2OS/c1-8-4-6-10(7-5-8)11-12(9(2)16)17-13(14-3)15-11/h4-7H,1-3H3,(H,14,15). The molecule has 0 saturated heterocycles. The van der Waals surface area contributed by atoms with Crippen molar-refractivity contribution >= 4 is 22.3 Å². The molecule has 17 heavy (non-hydrogen) atoms. The maximum absolute atomic E-state index is 11.6. The molecule has 0 spiro atoms. The molecule has 0 aliphatic carbocycles. The van der Waals surface area contributed by atoms with Crippen LogP contribution < -0.4 is 5.32 Å². The summed E-state index contributed by atoms with van der Waals surface area (Å²) in [5.41, 5.74) is 2.95. The first kappa shape index (κ1) is 11.8. The fourth-order valence-corrected chi connectivity index (χ4v) is 2.41. The number of nitrogens with zero attached hydrogens (tertiary/aromatic N) is 1. The number of carbonyl (C=O) groups is 1. The Labute approximate surface area is 105 Å². The third kappa shape index (κ3) is 2.36. The summed E-state index contributed by atoms with van der Waals surface area (Å²) in [7, 11) is 1.81. The largest absolute Gasteiger partial charge is 0.365 e. The normalized spacial score (nSPS) is 10.3. The first-order valence-corrected chi connectivity index (χ1v) is 6.20. The zero-order chi connectivity index (χ0) is 12.4. The van der Waals surface area contributed by atoms with Gasteiger partial charge in [-0.25, -0.2) is 4.98 Å². The zero-order valence-corrected chi connectivity index (χ0v) is 10.9. The van der Waals surface area contributed by atoms with Crippen molar-refractivity contribution in [3.8, 4) is 11.3 Å². The van der Waals surface area contributed by atoms with Crippen LogP contribution in [0.15, 0.2) is 24.3 Å². The molecule has 0 unspecified atom stereocenters. The van der Waals surface area contributed by atoms with E-state index in [9.17, 15) is 4.79 Å². The average Bonchev–Trinajstić information content (AvgIpc) is 2.74. The molecule has 0 aliphatic heterocycles. The minimum Gasteiger partial charge on any atom is -0.365 e. The lowest BCUT2D eigenvalue weighted by Crippen LogP contribution is -1.91. The topological polar surface area (TPSA) is 42.0 Å². The first-order valence-electron chi connectivity index (χ1n) is 5.38. The number of Topliss-reactive ketones (excluding diaryl/α,β-unsaturated/α-hetero) is 1. The van der Waals surface area contributed by atoms with E-state index in [1.54, 1.807) is 6.92 Å². The van der Waals surface area contributed by atoms with Crippen molar-refractivity contribution in [2.24, 2.45) is 0 Å². The van der Waals surface area contributed by atoms with Crippen LogP contribution in [0.3, 0.4) is 0 Å². The van der Waals surface area contributed by atoms with E-state index >= 15 is 0 Å². The van der Waals surface area contributed by atoms with Gasteiger partial charge in [0, 0.05) is 19.5 Å². The second-order valence-electron chi connectivity index (χ2n) is 3.87. The van der Waals surface area contributed by atoms with Crippen LogP contribution in [0.5, 0.6) is 0 Å². The number of aryl methyl sites for hydroxylation is 1. The van der Waals surface area contributed by atoms with Gasteiger partial charge in [-0.05, 0) is 6.92 Å². The molecule has 0 aliphatic rings. The van der Waals surface area contributed by atoms with Gasteiger partial charge in [-0.15, -0.1) is 0 Å². The summed E-state index contributed by atoms with van der Waals surface area (Å²) in [5, 5.41) is 3.75. The number of nitrogens with one attached hydrogen (secondary N) is 1. The molecular formula is C13H14N2OS. The molecule has 2 rings (SSSR count). The Morgan fingerprint density at radius 1 is 1.29 bits per heavy atom. The number of hydrogen-bond acceptors (Lipinski definition) is 4. The second kappa shape index (κ2) is 4.67. The maximum Gasteiger partial charge on any atom is 0.183 e.